The molecule has 0 radical (unpaired) electrons. The number of hydrogen-bond acceptors (Lipinski definition) is 5. The van der Waals surface area contributed by atoms with Crippen LogP contribution in [-0.2, 0) is 15.7 Å². The number of nitrogens with one attached hydrogen (secondary N) is 1. The van der Waals surface area contributed by atoms with Crippen molar-refractivity contribution < 1.29 is 32.2 Å². The molecule has 6 nitrogen and oxygen atoms in total. The largest absolute Gasteiger partial charge is 0.465 e. The zero-order valence-electron chi connectivity index (χ0n) is 12.3. The van der Waals surface area contributed by atoms with Crippen LogP contribution in [0, 0.1) is 0 Å². The molecule has 1 aromatic rings. The normalized spacial score (nSPS) is 11.5. The molecular formula is C13H14F3NO5. The van der Waals surface area contributed by atoms with Crippen LogP contribution in [-0.4, -0.2) is 31.1 Å². The van der Waals surface area contributed by atoms with E-state index in [9.17, 15) is 27.6 Å². The van der Waals surface area contributed by atoms with E-state index in [4.69, 9.17) is 0 Å². The summed E-state index contributed by atoms with van der Waals surface area (Å²) in [5.41, 5.74) is -5.13. The Morgan fingerprint density at radius 3 is 1.86 bits per heavy atom. The Labute approximate surface area is 123 Å². The van der Waals surface area contributed by atoms with Gasteiger partial charge in [-0.2, -0.15) is 13.2 Å². The second-order valence-corrected chi connectivity index (χ2v) is 4.63. The molecule has 9 heteroatoms. The molecule has 22 heavy (non-hydrogen) atoms. The van der Waals surface area contributed by atoms with Crippen LogP contribution in [0.15, 0.2) is 4.79 Å². The van der Waals surface area contributed by atoms with E-state index in [0.29, 0.717) is 0 Å². The van der Waals surface area contributed by atoms with Gasteiger partial charge in [0.25, 0.3) is 0 Å². The van der Waals surface area contributed by atoms with Gasteiger partial charge in [0.1, 0.15) is 16.8 Å². The lowest BCUT2D eigenvalue weighted by Gasteiger charge is -2.17. The summed E-state index contributed by atoms with van der Waals surface area (Å²) < 4.78 is 47.9. The molecule has 1 N–H and O–H groups in total. The van der Waals surface area contributed by atoms with Gasteiger partial charge in [-0.3, -0.25) is 4.79 Å². The number of carbonyl (C=O) groups is 2. The smallest absolute Gasteiger partial charge is 0.432 e. The Bertz CT molecular complexity index is 661. The molecule has 0 bridgehead atoms. The second-order valence-electron chi connectivity index (χ2n) is 4.63. The zero-order chi connectivity index (χ0) is 17.2. The van der Waals surface area contributed by atoms with E-state index in [1.807, 2.05) is 4.98 Å². The van der Waals surface area contributed by atoms with Gasteiger partial charge in [-0.1, -0.05) is 13.8 Å². The molecular weight excluding hydrogens is 307 g/mol. The number of esters is 2. The lowest BCUT2D eigenvalue weighted by molar-refractivity contribution is -0.141. The summed E-state index contributed by atoms with van der Waals surface area (Å²) in [5.74, 6) is -3.24. The molecule has 122 valence electrons. The van der Waals surface area contributed by atoms with Gasteiger partial charge in [0.15, 0.2) is 0 Å². The summed E-state index contributed by atoms with van der Waals surface area (Å²) >= 11 is 0. The van der Waals surface area contributed by atoms with Gasteiger partial charge in [0, 0.05) is 5.69 Å². The minimum Gasteiger partial charge on any atom is -0.465 e. The molecule has 1 heterocycles. The molecule has 0 aliphatic rings. The lowest BCUT2D eigenvalue weighted by Crippen LogP contribution is -2.32. The van der Waals surface area contributed by atoms with Crippen molar-refractivity contribution in [2.75, 3.05) is 14.2 Å². The molecule has 0 atom stereocenters. The Morgan fingerprint density at radius 2 is 1.50 bits per heavy atom. The van der Waals surface area contributed by atoms with Crippen LogP contribution >= 0.6 is 0 Å². The highest BCUT2D eigenvalue weighted by molar-refractivity contribution is 5.96. The van der Waals surface area contributed by atoms with Gasteiger partial charge >= 0.3 is 18.1 Å². The number of H-pyrrole nitrogens is 1. The minimum atomic E-state index is -5.00. The number of alkyl halides is 3. The van der Waals surface area contributed by atoms with Crippen molar-refractivity contribution in [3.05, 3.63) is 32.7 Å². The number of halogens is 3. The Kier molecular flexibility index (Phi) is 5.00. The van der Waals surface area contributed by atoms with Crippen molar-refractivity contribution in [2.45, 2.75) is 25.9 Å². The van der Waals surface area contributed by atoms with E-state index < -0.39 is 46.3 Å². The van der Waals surface area contributed by atoms with E-state index >= 15 is 0 Å². The first-order chi connectivity index (χ1) is 10.1. The van der Waals surface area contributed by atoms with Crippen LogP contribution in [0.5, 0.6) is 0 Å². The Morgan fingerprint density at radius 1 is 1.05 bits per heavy atom. The highest BCUT2D eigenvalue weighted by Crippen LogP contribution is 2.31. The van der Waals surface area contributed by atoms with Crippen molar-refractivity contribution in [2.24, 2.45) is 0 Å². The first-order valence-electron chi connectivity index (χ1n) is 6.10. The highest BCUT2D eigenvalue weighted by atomic mass is 19.4. The SMILES string of the molecule is COC(=O)c1c(C(C)C)[nH]c(C(F)(F)F)c(C(=O)OC)c1=O. The topological polar surface area (TPSA) is 85.5 Å². The summed E-state index contributed by atoms with van der Waals surface area (Å²) in [6.07, 6.45) is -5.00. The van der Waals surface area contributed by atoms with Crippen LogP contribution in [0.25, 0.3) is 0 Å². The summed E-state index contributed by atoms with van der Waals surface area (Å²) in [6, 6.07) is 0. The predicted octanol–water partition coefficient (Wildman–Crippen LogP) is 2.09. The van der Waals surface area contributed by atoms with Gasteiger partial charge in [0.2, 0.25) is 5.43 Å². The third-order valence-corrected chi connectivity index (χ3v) is 2.87. The standard InChI is InChI=1S/C13H14F3NO5/c1-5(2)8-6(11(19)21-3)9(18)7(12(20)22-4)10(17-8)13(14,15)16/h5H,1-4H3,(H,17,18). The maximum Gasteiger partial charge on any atom is 0.432 e. The van der Waals surface area contributed by atoms with Crippen molar-refractivity contribution in [1.82, 2.24) is 4.98 Å². The average Bonchev–Trinajstić information content (AvgIpc) is 2.43. The van der Waals surface area contributed by atoms with Crippen LogP contribution in [0.1, 0.15) is 51.9 Å². The van der Waals surface area contributed by atoms with E-state index in [1.54, 1.807) is 0 Å². The van der Waals surface area contributed by atoms with Gasteiger partial charge in [-0.05, 0) is 5.92 Å². The molecule has 0 aliphatic carbocycles. The molecule has 0 aromatic carbocycles. The Hall–Kier alpha value is -2.32. The molecule has 0 saturated carbocycles. The number of carbonyl (C=O) groups excluding carboxylic acids is 2. The molecule has 0 fully saturated rings. The Balaban J connectivity index is 3.94. The molecule has 0 saturated heterocycles. The number of pyridine rings is 1. The number of rotatable bonds is 3. The summed E-state index contributed by atoms with van der Waals surface area (Å²) in [5, 5.41) is 0. The number of aromatic amines is 1. The lowest BCUT2D eigenvalue weighted by atomic mass is 9.99. The minimum absolute atomic E-state index is 0.267. The van der Waals surface area contributed by atoms with E-state index in [2.05, 4.69) is 9.47 Å². The summed E-state index contributed by atoms with van der Waals surface area (Å²) in [7, 11) is 1.80. The first-order valence-corrected chi connectivity index (χ1v) is 6.10. The third-order valence-electron chi connectivity index (χ3n) is 2.87. The number of hydrogen-bond donors (Lipinski definition) is 1. The summed E-state index contributed by atoms with van der Waals surface area (Å²) in [4.78, 5) is 37.5. The van der Waals surface area contributed by atoms with Crippen molar-refractivity contribution >= 4 is 11.9 Å². The summed E-state index contributed by atoms with van der Waals surface area (Å²) in [6.45, 7) is 2.96. The highest BCUT2D eigenvalue weighted by Gasteiger charge is 2.41. The van der Waals surface area contributed by atoms with Crippen LogP contribution in [0.2, 0.25) is 0 Å². The molecule has 0 unspecified atom stereocenters. The number of aromatic nitrogens is 1. The number of methoxy groups -OCH3 is 2. The molecule has 0 spiro atoms. The fraction of sp³-hybridized carbons (Fsp3) is 0.462. The van der Waals surface area contributed by atoms with Crippen LogP contribution in [0.4, 0.5) is 13.2 Å². The fourth-order valence-corrected chi connectivity index (χ4v) is 1.87. The fourth-order valence-electron chi connectivity index (χ4n) is 1.87. The first kappa shape index (κ1) is 17.7. The molecule has 1 aromatic heterocycles. The van der Waals surface area contributed by atoms with Crippen LogP contribution in [0.3, 0.4) is 0 Å². The third kappa shape index (κ3) is 3.12. The predicted molar refractivity (Wildman–Crippen MR) is 68.8 cm³/mol. The second kappa shape index (κ2) is 6.20. The molecule has 0 amide bonds. The zero-order valence-corrected chi connectivity index (χ0v) is 12.3. The van der Waals surface area contributed by atoms with E-state index in [-0.39, 0.29) is 5.69 Å². The van der Waals surface area contributed by atoms with Crippen LogP contribution < -0.4 is 5.43 Å². The van der Waals surface area contributed by atoms with Crippen molar-refractivity contribution in [3.8, 4) is 0 Å². The molecule has 0 aliphatic heterocycles. The van der Waals surface area contributed by atoms with Crippen molar-refractivity contribution in [3.63, 3.8) is 0 Å². The maximum absolute atomic E-state index is 13.1. The van der Waals surface area contributed by atoms with Gasteiger partial charge in [-0.15, -0.1) is 0 Å². The van der Waals surface area contributed by atoms with Crippen molar-refractivity contribution in [1.29, 1.82) is 0 Å². The van der Waals surface area contributed by atoms with Gasteiger partial charge in [-0.25, -0.2) is 9.59 Å². The molecule has 1 rings (SSSR count). The maximum atomic E-state index is 13.1. The van der Waals surface area contributed by atoms with Gasteiger partial charge in [0.05, 0.1) is 14.2 Å². The van der Waals surface area contributed by atoms with E-state index in [1.165, 1.54) is 13.8 Å². The van der Waals surface area contributed by atoms with E-state index in [0.717, 1.165) is 14.2 Å². The monoisotopic (exact) mass is 321 g/mol. The number of ether oxygens (including phenoxy) is 2. The quantitative estimate of drug-likeness (QED) is 0.862. The average molecular weight is 321 g/mol. The van der Waals surface area contributed by atoms with Gasteiger partial charge < -0.3 is 14.5 Å².